The van der Waals surface area contributed by atoms with Crippen molar-refractivity contribution in [3.63, 3.8) is 0 Å². The van der Waals surface area contributed by atoms with Crippen molar-refractivity contribution in [3.05, 3.63) is 12.2 Å². The number of hydrogen-bond donors (Lipinski definition) is 0. The molecule has 0 aromatic rings. The summed E-state index contributed by atoms with van der Waals surface area (Å²) in [5.41, 5.74) is 0. The van der Waals surface area contributed by atoms with Gasteiger partial charge in [0.1, 0.15) is 0 Å². The molecule has 2 nitrogen and oxygen atoms in total. The van der Waals surface area contributed by atoms with Crippen molar-refractivity contribution in [3.8, 4) is 0 Å². The quantitative estimate of drug-likeness (QED) is 0.271. The van der Waals surface area contributed by atoms with Crippen LogP contribution in [0.3, 0.4) is 0 Å². The lowest BCUT2D eigenvalue weighted by Gasteiger charge is -1.99. The van der Waals surface area contributed by atoms with Gasteiger partial charge < -0.3 is 4.74 Å². The maximum atomic E-state index is 10.4. The lowest BCUT2D eigenvalue weighted by Crippen LogP contribution is -1.99. The van der Waals surface area contributed by atoms with Gasteiger partial charge in [-0.25, -0.2) is 0 Å². The van der Waals surface area contributed by atoms with Gasteiger partial charge in [0.2, 0.25) is 0 Å². The van der Waals surface area contributed by atoms with E-state index in [0.717, 1.165) is 38.0 Å². The third-order valence-electron chi connectivity index (χ3n) is 1.74. The Labute approximate surface area is 91.3 Å². The summed E-state index contributed by atoms with van der Waals surface area (Å²) < 4.78 is 4.81. The Morgan fingerprint density at radius 2 is 1.86 bits per heavy atom. The topological polar surface area (TPSA) is 26.3 Å². The van der Waals surface area contributed by atoms with E-state index in [2.05, 4.69) is 12.2 Å². The summed E-state index contributed by atoms with van der Waals surface area (Å²) in [6, 6.07) is 0. The smallest absolute Gasteiger partial charge is 0.302 e. The molecule has 0 aliphatic carbocycles. The Balaban J connectivity index is 3.05. The highest BCUT2D eigenvalue weighted by Crippen LogP contribution is 2.00. The summed E-state index contributed by atoms with van der Waals surface area (Å²) in [5.74, 6) is 0.541. The van der Waals surface area contributed by atoms with Crippen molar-refractivity contribution >= 4 is 17.6 Å². The molecule has 0 aromatic carbocycles. The third-order valence-corrected chi connectivity index (χ3v) is 2.01. The highest BCUT2D eigenvalue weighted by Gasteiger charge is 1.91. The van der Waals surface area contributed by atoms with E-state index >= 15 is 0 Å². The monoisotopic (exact) mass is 218 g/mol. The Morgan fingerprint density at radius 1 is 1.21 bits per heavy atom. The summed E-state index contributed by atoms with van der Waals surface area (Å²) >= 11 is 5.53. The predicted molar refractivity (Wildman–Crippen MR) is 59.6 cm³/mol. The molecule has 0 N–H and O–H groups in total. The minimum atomic E-state index is -0.192. The molecule has 0 spiro atoms. The number of esters is 1. The van der Waals surface area contributed by atoms with Crippen LogP contribution in [0.15, 0.2) is 12.2 Å². The number of ether oxygens (including phenoxy) is 1. The fourth-order valence-electron chi connectivity index (χ4n) is 1.01. The number of halogens is 1. The lowest BCUT2D eigenvalue weighted by atomic mass is 10.2. The second kappa shape index (κ2) is 10.6. The first-order valence-electron chi connectivity index (χ1n) is 5.11. The van der Waals surface area contributed by atoms with Crippen LogP contribution in [0.5, 0.6) is 0 Å². The first kappa shape index (κ1) is 13.5. The van der Waals surface area contributed by atoms with Crippen LogP contribution < -0.4 is 0 Å². The number of allylic oxidation sites excluding steroid dienone is 2. The van der Waals surface area contributed by atoms with E-state index in [9.17, 15) is 4.79 Å². The van der Waals surface area contributed by atoms with E-state index in [1.807, 2.05) is 0 Å². The first-order chi connectivity index (χ1) is 6.77. The maximum Gasteiger partial charge on any atom is 0.302 e. The molecular weight excluding hydrogens is 200 g/mol. The van der Waals surface area contributed by atoms with E-state index in [-0.39, 0.29) is 5.97 Å². The summed E-state index contributed by atoms with van der Waals surface area (Å²) in [6.07, 6.45) is 9.51. The summed E-state index contributed by atoms with van der Waals surface area (Å²) in [4.78, 5) is 10.4. The van der Waals surface area contributed by atoms with Gasteiger partial charge in [-0.2, -0.15) is 0 Å². The third kappa shape index (κ3) is 11.5. The number of carbonyl (C=O) groups is 1. The van der Waals surface area contributed by atoms with Crippen LogP contribution in [-0.4, -0.2) is 18.5 Å². The zero-order chi connectivity index (χ0) is 10.6. The number of carbonyl (C=O) groups excluding carboxylic acids is 1. The van der Waals surface area contributed by atoms with Crippen molar-refractivity contribution in [2.24, 2.45) is 0 Å². The minimum Gasteiger partial charge on any atom is -0.466 e. The summed E-state index contributed by atoms with van der Waals surface area (Å²) in [6.45, 7) is 1.98. The fourth-order valence-corrected chi connectivity index (χ4v) is 1.17. The van der Waals surface area contributed by atoms with Gasteiger partial charge in [0, 0.05) is 12.8 Å². The van der Waals surface area contributed by atoms with Crippen molar-refractivity contribution in [2.75, 3.05) is 12.5 Å². The molecule has 0 heterocycles. The molecule has 14 heavy (non-hydrogen) atoms. The molecule has 82 valence electrons. The molecule has 0 aliphatic rings. The van der Waals surface area contributed by atoms with E-state index in [4.69, 9.17) is 16.3 Å². The van der Waals surface area contributed by atoms with Gasteiger partial charge >= 0.3 is 5.97 Å². The Hall–Kier alpha value is -0.500. The van der Waals surface area contributed by atoms with Crippen molar-refractivity contribution in [1.82, 2.24) is 0 Å². The number of alkyl halides is 1. The average Bonchev–Trinajstić information content (AvgIpc) is 2.15. The standard InChI is InChI=1S/C11H19ClO2/c1-11(13)14-10-8-6-4-2-3-5-7-9-12/h2-3H,4-10H2,1H3/b3-2-. The normalized spacial score (nSPS) is 10.7. The van der Waals surface area contributed by atoms with Gasteiger partial charge in [0.25, 0.3) is 0 Å². The summed E-state index contributed by atoms with van der Waals surface area (Å²) in [5, 5.41) is 0. The van der Waals surface area contributed by atoms with Crippen molar-refractivity contribution in [1.29, 1.82) is 0 Å². The zero-order valence-corrected chi connectivity index (χ0v) is 9.55. The van der Waals surface area contributed by atoms with Crippen LogP contribution in [0.4, 0.5) is 0 Å². The van der Waals surface area contributed by atoms with Gasteiger partial charge in [-0.15, -0.1) is 11.6 Å². The van der Waals surface area contributed by atoms with Crippen molar-refractivity contribution in [2.45, 2.75) is 39.0 Å². The van der Waals surface area contributed by atoms with E-state index in [1.54, 1.807) is 0 Å². The predicted octanol–water partition coefficient (Wildman–Crippen LogP) is 3.30. The molecule has 0 saturated heterocycles. The molecule has 0 bridgehead atoms. The number of rotatable bonds is 8. The second-order valence-electron chi connectivity index (χ2n) is 3.14. The minimum absolute atomic E-state index is 0.192. The highest BCUT2D eigenvalue weighted by atomic mass is 35.5. The molecule has 0 saturated carbocycles. The largest absolute Gasteiger partial charge is 0.466 e. The van der Waals surface area contributed by atoms with Crippen LogP contribution in [0, 0.1) is 0 Å². The van der Waals surface area contributed by atoms with Gasteiger partial charge in [-0.1, -0.05) is 12.2 Å². The molecule has 0 amide bonds. The number of unbranched alkanes of at least 4 members (excludes halogenated alkanes) is 3. The average molecular weight is 219 g/mol. The Bertz CT molecular complexity index is 167. The molecular formula is C11H19ClO2. The lowest BCUT2D eigenvalue weighted by molar-refractivity contribution is -0.141. The molecule has 3 heteroatoms. The second-order valence-corrected chi connectivity index (χ2v) is 3.52. The van der Waals surface area contributed by atoms with Gasteiger partial charge in [-0.05, 0) is 32.1 Å². The maximum absolute atomic E-state index is 10.4. The van der Waals surface area contributed by atoms with Crippen LogP contribution >= 0.6 is 11.6 Å². The Morgan fingerprint density at radius 3 is 2.43 bits per heavy atom. The molecule has 0 atom stereocenters. The van der Waals surface area contributed by atoms with Crippen LogP contribution in [0.2, 0.25) is 0 Å². The fraction of sp³-hybridized carbons (Fsp3) is 0.727. The molecule has 0 rings (SSSR count). The van der Waals surface area contributed by atoms with Gasteiger partial charge in [-0.3, -0.25) is 4.79 Å². The molecule has 0 fully saturated rings. The Kier molecular flexibility index (Phi) is 10.2. The molecule has 0 unspecified atom stereocenters. The molecule has 0 aromatic heterocycles. The van der Waals surface area contributed by atoms with Crippen LogP contribution in [-0.2, 0) is 9.53 Å². The first-order valence-corrected chi connectivity index (χ1v) is 5.65. The van der Waals surface area contributed by atoms with E-state index in [1.165, 1.54) is 6.92 Å². The summed E-state index contributed by atoms with van der Waals surface area (Å²) in [7, 11) is 0. The SMILES string of the molecule is CC(=O)OCCCC/C=C\CCCCl. The molecule has 0 radical (unpaired) electrons. The van der Waals surface area contributed by atoms with Gasteiger partial charge in [0.05, 0.1) is 6.61 Å². The zero-order valence-electron chi connectivity index (χ0n) is 8.80. The van der Waals surface area contributed by atoms with Crippen LogP contribution in [0.1, 0.15) is 39.0 Å². The van der Waals surface area contributed by atoms with Crippen LogP contribution in [0.25, 0.3) is 0 Å². The van der Waals surface area contributed by atoms with E-state index in [0.29, 0.717) is 6.61 Å². The van der Waals surface area contributed by atoms with Gasteiger partial charge in [0.15, 0.2) is 0 Å². The molecule has 0 aliphatic heterocycles. The highest BCUT2D eigenvalue weighted by molar-refractivity contribution is 6.17. The van der Waals surface area contributed by atoms with Crippen molar-refractivity contribution < 1.29 is 9.53 Å². The number of hydrogen-bond acceptors (Lipinski definition) is 2. The van der Waals surface area contributed by atoms with E-state index < -0.39 is 0 Å².